The topological polar surface area (TPSA) is 75.4 Å². The molecule has 0 saturated carbocycles. The highest BCUT2D eigenvalue weighted by Crippen LogP contribution is 2.19. The standard InChI is InChI=1S/C12H29N3O2S/c1-10(2)12(11(3)4)9-14-18(16,17)15(5)8-6-7-13/h10-12,14H,6-9,13H2,1-5H3. The first-order chi connectivity index (χ1) is 8.22. The van der Waals surface area contributed by atoms with Crippen LogP contribution >= 0.6 is 0 Å². The summed E-state index contributed by atoms with van der Waals surface area (Å²) in [6.45, 7) is 9.94. The Morgan fingerprint density at radius 2 is 1.67 bits per heavy atom. The minimum absolute atomic E-state index is 0.350. The maximum absolute atomic E-state index is 12.0. The SMILES string of the molecule is CC(C)C(CNS(=O)(=O)N(C)CCCN)C(C)C. The monoisotopic (exact) mass is 279 g/mol. The van der Waals surface area contributed by atoms with Crippen molar-refractivity contribution in [2.24, 2.45) is 23.5 Å². The lowest BCUT2D eigenvalue weighted by atomic mass is 9.86. The zero-order chi connectivity index (χ0) is 14.3. The van der Waals surface area contributed by atoms with Crippen molar-refractivity contribution < 1.29 is 8.42 Å². The van der Waals surface area contributed by atoms with Crippen molar-refractivity contribution in [3.05, 3.63) is 0 Å². The second kappa shape index (κ2) is 8.09. The first kappa shape index (κ1) is 17.8. The van der Waals surface area contributed by atoms with Gasteiger partial charge in [0.05, 0.1) is 0 Å². The summed E-state index contributed by atoms with van der Waals surface area (Å²) in [7, 11) is -1.79. The number of nitrogens with one attached hydrogen (secondary N) is 1. The van der Waals surface area contributed by atoms with Crippen molar-refractivity contribution in [1.82, 2.24) is 9.03 Å². The van der Waals surface area contributed by atoms with Crippen LogP contribution in [0.1, 0.15) is 34.1 Å². The van der Waals surface area contributed by atoms with Crippen LogP contribution in [0.2, 0.25) is 0 Å². The maximum atomic E-state index is 12.0. The Kier molecular flexibility index (Phi) is 8.02. The van der Waals surface area contributed by atoms with Crippen molar-refractivity contribution in [2.75, 3.05) is 26.7 Å². The van der Waals surface area contributed by atoms with Crippen molar-refractivity contribution >= 4 is 10.2 Å². The Bertz CT molecular complexity index is 307. The van der Waals surface area contributed by atoms with Crippen LogP contribution in [0.25, 0.3) is 0 Å². The molecule has 18 heavy (non-hydrogen) atoms. The van der Waals surface area contributed by atoms with E-state index in [1.54, 1.807) is 7.05 Å². The third-order valence-electron chi connectivity index (χ3n) is 3.30. The van der Waals surface area contributed by atoms with Gasteiger partial charge in [-0.25, -0.2) is 4.72 Å². The molecule has 0 aromatic carbocycles. The van der Waals surface area contributed by atoms with Gasteiger partial charge >= 0.3 is 0 Å². The molecule has 0 heterocycles. The van der Waals surface area contributed by atoms with Crippen LogP contribution in [0.4, 0.5) is 0 Å². The van der Waals surface area contributed by atoms with Gasteiger partial charge in [0.2, 0.25) is 0 Å². The second-order valence-corrected chi connectivity index (χ2v) is 7.33. The minimum Gasteiger partial charge on any atom is -0.330 e. The van der Waals surface area contributed by atoms with E-state index in [0.29, 0.717) is 43.8 Å². The molecular formula is C12H29N3O2S. The zero-order valence-electron chi connectivity index (χ0n) is 12.3. The number of rotatable bonds is 9. The fourth-order valence-corrected chi connectivity index (χ4v) is 2.98. The maximum Gasteiger partial charge on any atom is 0.279 e. The number of hydrogen-bond donors (Lipinski definition) is 2. The average molecular weight is 279 g/mol. The molecule has 0 radical (unpaired) electrons. The van der Waals surface area contributed by atoms with Gasteiger partial charge in [0.1, 0.15) is 0 Å². The second-order valence-electron chi connectivity index (χ2n) is 5.47. The van der Waals surface area contributed by atoms with Crippen LogP contribution in [-0.2, 0) is 10.2 Å². The molecule has 0 aromatic heterocycles. The summed E-state index contributed by atoms with van der Waals surface area (Å²) in [4.78, 5) is 0. The van der Waals surface area contributed by atoms with Gasteiger partial charge < -0.3 is 5.73 Å². The zero-order valence-corrected chi connectivity index (χ0v) is 13.1. The summed E-state index contributed by atoms with van der Waals surface area (Å²) in [5, 5.41) is 0. The third kappa shape index (κ3) is 6.13. The highest BCUT2D eigenvalue weighted by atomic mass is 32.2. The first-order valence-corrected chi connectivity index (χ1v) is 8.07. The number of hydrogen-bond acceptors (Lipinski definition) is 3. The molecule has 0 aliphatic heterocycles. The molecule has 110 valence electrons. The number of nitrogens with two attached hydrogens (primary N) is 1. The molecule has 5 nitrogen and oxygen atoms in total. The average Bonchev–Trinajstić information content (AvgIpc) is 2.24. The summed E-state index contributed by atoms with van der Waals surface area (Å²) in [5.74, 6) is 1.27. The lowest BCUT2D eigenvalue weighted by Crippen LogP contribution is -2.42. The van der Waals surface area contributed by atoms with E-state index in [2.05, 4.69) is 32.4 Å². The van der Waals surface area contributed by atoms with E-state index in [1.807, 2.05) is 0 Å². The van der Waals surface area contributed by atoms with Gasteiger partial charge in [-0.1, -0.05) is 27.7 Å². The summed E-state index contributed by atoms with van der Waals surface area (Å²) in [6, 6.07) is 0. The smallest absolute Gasteiger partial charge is 0.279 e. The normalized spacial score (nSPS) is 13.2. The molecule has 0 fully saturated rings. The number of nitrogens with zero attached hydrogens (tertiary/aromatic N) is 1. The predicted molar refractivity (Wildman–Crippen MR) is 76.4 cm³/mol. The van der Waals surface area contributed by atoms with Crippen molar-refractivity contribution in [2.45, 2.75) is 34.1 Å². The molecule has 0 saturated heterocycles. The fourth-order valence-electron chi connectivity index (χ4n) is 1.99. The summed E-state index contributed by atoms with van der Waals surface area (Å²) < 4.78 is 27.9. The van der Waals surface area contributed by atoms with Crippen LogP contribution in [0.5, 0.6) is 0 Å². The van der Waals surface area contributed by atoms with Gasteiger partial charge in [0, 0.05) is 20.1 Å². The molecule has 0 amide bonds. The summed E-state index contributed by atoms with van der Waals surface area (Å²) in [5.41, 5.74) is 5.38. The summed E-state index contributed by atoms with van der Waals surface area (Å²) in [6.07, 6.45) is 0.676. The Balaban J connectivity index is 4.40. The molecular weight excluding hydrogens is 250 g/mol. The predicted octanol–water partition coefficient (Wildman–Crippen LogP) is 1.03. The molecule has 0 rings (SSSR count). The fraction of sp³-hybridized carbons (Fsp3) is 1.00. The van der Waals surface area contributed by atoms with Crippen LogP contribution in [0, 0.1) is 17.8 Å². The van der Waals surface area contributed by atoms with E-state index in [9.17, 15) is 8.42 Å². The van der Waals surface area contributed by atoms with Gasteiger partial charge in [-0.15, -0.1) is 0 Å². The lowest BCUT2D eigenvalue weighted by Gasteiger charge is -2.26. The molecule has 0 aromatic rings. The molecule has 0 bridgehead atoms. The highest BCUT2D eigenvalue weighted by molar-refractivity contribution is 7.87. The van der Waals surface area contributed by atoms with Crippen LogP contribution in [-0.4, -0.2) is 39.4 Å². The Morgan fingerprint density at radius 3 is 2.06 bits per heavy atom. The van der Waals surface area contributed by atoms with Crippen LogP contribution in [0.3, 0.4) is 0 Å². The van der Waals surface area contributed by atoms with E-state index in [-0.39, 0.29) is 0 Å². The van der Waals surface area contributed by atoms with E-state index >= 15 is 0 Å². The van der Waals surface area contributed by atoms with Crippen LogP contribution in [0.15, 0.2) is 0 Å². The Labute approximate surface area is 112 Å². The molecule has 3 N–H and O–H groups in total. The molecule has 0 aliphatic rings. The first-order valence-electron chi connectivity index (χ1n) is 6.63. The lowest BCUT2D eigenvalue weighted by molar-refractivity contribution is 0.286. The van der Waals surface area contributed by atoms with Gasteiger partial charge in [-0.05, 0) is 30.7 Å². The largest absolute Gasteiger partial charge is 0.330 e. The van der Waals surface area contributed by atoms with Crippen molar-refractivity contribution in [3.63, 3.8) is 0 Å². The molecule has 0 atom stereocenters. The molecule has 0 aliphatic carbocycles. The van der Waals surface area contributed by atoms with Crippen molar-refractivity contribution in [1.29, 1.82) is 0 Å². The van der Waals surface area contributed by atoms with Gasteiger partial charge in [-0.3, -0.25) is 0 Å². The molecule has 6 heteroatoms. The van der Waals surface area contributed by atoms with Crippen LogP contribution < -0.4 is 10.5 Å². The highest BCUT2D eigenvalue weighted by Gasteiger charge is 2.22. The molecule has 0 unspecified atom stereocenters. The van der Waals surface area contributed by atoms with E-state index in [4.69, 9.17) is 5.73 Å². The molecule has 0 spiro atoms. The van der Waals surface area contributed by atoms with Gasteiger partial charge in [-0.2, -0.15) is 12.7 Å². The van der Waals surface area contributed by atoms with E-state index in [0.717, 1.165) is 0 Å². The van der Waals surface area contributed by atoms with E-state index < -0.39 is 10.2 Å². The Morgan fingerprint density at radius 1 is 1.17 bits per heavy atom. The van der Waals surface area contributed by atoms with E-state index in [1.165, 1.54) is 4.31 Å². The minimum atomic E-state index is -3.37. The van der Waals surface area contributed by atoms with Gasteiger partial charge in [0.25, 0.3) is 10.2 Å². The van der Waals surface area contributed by atoms with Gasteiger partial charge in [0.15, 0.2) is 0 Å². The van der Waals surface area contributed by atoms with Crippen molar-refractivity contribution in [3.8, 4) is 0 Å². The third-order valence-corrected chi connectivity index (χ3v) is 4.84. The summed E-state index contributed by atoms with van der Waals surface area (Å²) >= 11 is 0. The Hall–Kier alpha value is -0.170. The quantitative estimate of drug-likeness (QED) is 0.662.